The number of piperidine rings is 1. The Morgan fingerprint density at radius 2 is 1.95 bits per heavy atom. The lowest BCUT2D eigenvalue weighted by Gasteiger charge is -2.31. The SMILES string of the molecule is CCCOc1ccc(CCC(=O)N(C)C2CCNCC2)cc1. The molecule has 122 valence electrons. The summed E-state index contributed by atoms with van der Waals surface area (Å²) in [6.07, 6.45) is 4.51. The van der Waals surface area contributed by atoms with Crippen LogP contribution in [0.15, 0.2) is 24.3 Å². The van der Waals surface area contributed by atoms with Crippen molar-refractivity contribution in [1.82, 2.24) is 10.2 Å². The minimum atomic E-state index is 0.248. The summed E-state index contributed by atoms with van der Waals surface area (Å²) in [7, 11) is 1.94. The summed E-state index contributed by atoms with van der Waals surface area (Å²) in [5.41, 5.74) is 1.19. The molecule has 1 heterocycles. The summed E-state index contributed by atoms with van der Waals surface area (Å²) < 4.78 is 5.57. The number of nitrogens with one attached hydrogen (secondary N) is 1. The maximum absolute atomic E-state index is 12.3. The maximum atomic E-state index is 12.3. The van der Waals surface area contributed by atoms with Gasteiger partial charge < -0.3 is 15.0 Å². The van der Waals surface area contributed by atoms with Gasteiger partial charge in [-0.15, -0.1) is 0 Å². The van der Waals surface area contributed by atoms with Crippen molar-refractivity contribution >= 4 is 5.91 Å². The smallest absolute Gasteiger partial charge is 0.222 e. The number of carbonyl (C=O) groups excluding carboxylic acids is 1. The molecular formula is C18H28N2O2. The third-order valence-corrected chi connectivity index (χ3v) is 4.27. The number of nitrogens with zero attached hydrogens (tertiary/aromatic N) is 1. The second kappa shape index (κ2) is 8.79. The predicted octanol–water partition coefficient (Wildman–Crippen LogP) is 2.62. The first-order chi connectivity index (χ1) is 10.7. The molecule has 1 fully saturated rings. The highest BCUT2D eigenvalue weighted by Crippen LogP contribution is 2.15. The molecule has 1 aliphatic rings. The van der Waals surface area contributed by atoms with Crippen LogP contribution < -0.4 is 10.1 Å². The summed E-state index contributed by atoms with van der Waals surface area (Å²) in [4.78, 5) is 14.2. The summed E-state index contributed by atoms with van der Waals surface area (Å²) >= 11 is 0. The molecule has 0 bridgehead atoms. The van der Waals surface area contributed by atoms with Crippen LogP contribution in [0, 0.1) is 0 Å². The van der Waals surface area contributed by atoms with E-state index in [0.29, 0.717) is 12.5 Å². The van der Waals surface area contributed by atoms with Crippen LogP contribution in [0.1, 0.15) is 38.2 Å². The van der Waals surface area contributed by atoms with Crippen LogP contribution in [0.25, 0.3) is 0 Å². The molecule has 1 amide bonds. The highest BCUT2D eigenvalue weighted by molar-refractivity contribution is 5.76. The molecule has 0 saturated carbocycles. The third-order valence-electron chi connectivity index (χ3n) is 4.27. The Balaban J connectivity index is 1.77. The second-order valence-electron chi connectivity index (χ2n) is 5.98. The van der Waals surface area contributed by atoms with Crippen molar-refractivity contribution in [2.24, 2.45) is 0 Å². The molecule has 1 saturated heterocycles. The molecule has 0 aromatic heterocycles. The molecule has 0 aliphatic carbocycles. The van der Waals surface area contributed by atoms with Crippen molar-refractivity contribution in [2.75, 3.05) is 26.7 Å². The first-order valence-corrected chi connectivity index (χ1v) is 8.39. The van der Waals surface area contributed by atoms with Gasteiger partial charge in [0.25, 0.3) is 0 Å². The molecular weight excluding hydrogens is 276 g/mol. The lowest BCUT2D eigenvalue weighted by Crippen LogP contribution is -2.44. The van der Waals surface area contributed by atoms with Crippen molar-refractivity contribution in [2.45, 2.75) is 45.1 Å². The molecule has 1 N–H and O–H groups in total. The van der Waals surface area contributed by atoms with Crippen molar-refractivity contribution in [1.29, 1.82) is 0 Å². The Morgan fingerprint density at radius 1 is 1.27 bits per heavy atom. The average molecular weight is 304 g/mol. The van der Waals surface area contributed by atoms with Gasteiger partial charge in [0.05, 0.1) is 6.61 Å². The largest absolute Gasteiger partial charge is 0.494 e. The van der Waals surface area contributed by atoms with Gasteiger partial charge in [0, 0.05) is 19.5 Å². The summed E-state index contributed by atoms with van der Waals surface area (Å²) in [5, 5.41) is 3.34. The number of amides is 1. The topological polar surface area (TPSA) is 41.6 Å². The van der Waals surface area contributed by atoms with Crippen LogP contribution in [-0.4, -0.2) is 43.6 Å². The molecule has 0 spiro atoms. The van der Waals surface area contributed by atoms with Gasteiger partial charge in [-0.3, -0.25) is 4.79 Å². The number of carbonyl (C=O) groups is 1. The monoisotopic (exact) mass is 304 g/mol. The predicted molar refractivity (Wildman–Crippen MR) is 89.2 cm³/mol. The van der Waals surface area contributed by atoms with E-state index in [1.807, 2.05) is 24.1 Å². The van der Waals surface area contributed by atoms with Crippen molar-refractivity contribution in [3.63, 3.8) is 0 Å². The van der Waals surface area contributed by atoms with Crippen LogP contribution in [-0.2, 0) is 11.2 Å². The minimum absolute atomic E-state index is 0.248. The number of benzene rings is 1. The average Bonchev–Trinajstić information content (AvgIpc) is 2.58. The van der Waals surface area contributed by atoms with E-state index in [2.05, 4.69) is 24.4 Å². The van der Waals surface area contributed by atoms with Crippen molar-refractivity contribution < 1.29 is 9.53 Å². The first-order valence-electron chi connectivity index (χ1n) is 8.39. The van der Waals surface area contributed by atoms with E-state index in [0.717, 1.165) is 51.1 Å². The van der Waals surface area contributed by atoms with E-state index in [1.165, 1.54) is 5.56 Å². The van der Waals surface area contributed by atoms with Crippen LogP contribution in [0.5, 0.6) is 5.75 Å². The lowest BCUT2D eigenvalue weighted by molar-refractivity contribution is -0.132. The fraction of sp³-hybridized carbons (Fsp3) is 0.611. The quantitative estimate of drug-likeness (QED) is 0.842. The van der Waals surface area contributed by atoms with Crippen molar-refractivity contribution in [3.8, 4) is 5.75 Å². The molecule has 2 rings (SSSR count). The standard InChI is InChI=1S/C18H28N2O2/c1-3-14-22-17-7-4-15(5-8-17)6-9-18(21)20(2)16-10-12-19-13-11-16/h4-5,7-8,16,19H,3,6,9-14H2,1-2H3. The zero-order chi connectivity index (χ0) is 15.8. The number of hydrogen-bond donors (Lipinski definition) is 1. The fourth-order valence-corrected chi connectivity index (χ4v) is 2.80. The van der Waals surface area contributed by atoms with Crippen LogP contribution in [0.2, 0.25) is 0 Å². The van der Waals surface area contributed by atoms with E-state index < -0.39 is 0 Å². The van der Waals surface area contributed by atoms with Gasteiger partial charge in [0.15, 0.2) is 0 Å². The van der Waals surface area contributed by atoms with Gasteiger partial charge in [0.1, 0.15) is 5.75 Å². The minimum Gasteiger partial charge on any atom is -0.494 e. The Labute approximate surface area is 133 Å². The normalized spacial score (nSPS) is 15.5. The Kier molecular flexibility index (Phi) is 6.72. The summed E-state index contributed by atoms with van der Waals surface area (Å²) in [5.74, 6) is 1.15. The van der Waals surface area contributed by atoms with Gasteiger partial charge in [-0.2, -0.15) is 0 Å². The molecule has 0 unspecified atom stereocenters. The highest BCUT2D eigenvalue weighted by atomic mass is 16.5. The number of hydrogen-bond acceptors (Lipinski definition) is 3. The number of rotatable bonds is 7. The second-order valence-corrected chi connectivity index (χ2v) is 5.98. The molecule has 0 atom stereocenters. The van der Waals surface area contributed by atoms with Crippen molar-refractivity contribution in [3.05, 3.63) is 29.8 Å². The van der Waals surface area contributed by atoms with Gasteiger partial charge in [-0.1, -0.05) is 19.1 Å². The Morgan fingerprint density at radius 3 is 2.59 bits per heavy atom. The zero-order valence-corrected chi connectivity index (χ0v) is 13.8. The highest BCUT2D eigenvalue weighted by Gasteiger charge is 2.21. The van der Waals surface area contributed by atoms with Gasteiger partial charge in [-0.25, -0.2) is 0 Å². The van der Waals surface area contributed by atoms with E-state index in [-0.39, 0.29) is 5.91 Å². The van der Waals surface area contributed by atoms with Crippen LogP contribution in [0.3, 0.4) is 0 Å². The van der Waals surface area contributed by atoms with Gasteiger partial charge in [0.2, 0.25) is 5.91 Å². The van der Waals surface area contributed by atoms with Crippen LogP contribution >= 0.6 is 0 Å². The van der Waals surface area contributed by atoms with Gasteiger partial charge in [-0.05, 0) is 56.5 Å². The van der Waals surface area contributed by atoms with E-state index >= 15 is 0 Å². The maximum Gasteiger partial charge on any atom is 0.222 e. The Hall–Kier alpha value is -1.55. The fourth-order valence-electron chi connectivity index (χ4n) is 2.80. The first kappa shape index (κ1) is 16.8. The number of ether oxygens (including phenoxy) is 1. The number of aryl methyl sites for hydroxylation is 1. The molecule has 4 heteroatoms. The molecule has 1 aromatic rings. The van der Waals surface area contributed by atoms with Gasteiger partial charge >= 0.3 is 0 Å². The Bertz CT molecular complexity index is 453. The van der Waals surface area contributed by atoms with E-state index in [9.17, 15) is 4.79 Å². The molecule has 4 nitrogen and oxygen atoms in total. The van der Waals surface area contributed by atoms with E-state index in [1.54, 1.807) is 0 Å². The van der Waals surface area contributed by atoms with Crippen LogP contribution in [0.4, 0.5) is 0 Å². The third kappa shape index (κ3) is 5.02. The summed E-state index contributed by atoms with van der Waals surface area (Å²) in [6.45, 7) is 4.88. The molecule has 1 aromatic carbocycles. The zero-order valence-electron chi connectivity index (χ0n) is 13.8. The molecule has 22 heavy (non-hydrogen) atoms. The summed E-state index contributed by atoms with van der Waals surface area (Å²) in [6, 6.07) is 8.50. The molecule has 0 radical (unpaired) electrons. The van der Waals surface area contributed by atoms with E-state index in [4.69, 9.17) is 4.74 Å². The molecule has 1 aliphatic heterocycles. The lowest BCUT2D eigenvalue weighted by atomic mass is 10.0.